The Labute approximate surface area is 167 Å². The molecule has 4 atom stereocenters. The zero-order valence-corrected chi connectivity index (χ0v) is 16.6. The molecule has 150 valence electrons. The summed E-state index contributed by atoms with van der Waals surface area (Å²) in [5, 5.41) is 2.90. The van der Waals surface area contributed by atoms with Crippen LogP contribution in [0.5, 0.6) is 0 Å². The van der Waals surface area contributed by atoms with Crippen LogP contribution in [0.1, 0.15) is 31.7 Å². The fraction of sp³-hybridized carbons (Fsp3) is 0.478. The number of nitrogens with zero attached hydrogens (tertiary/aromatic N) is 1. The van der Waals surface area contributed by atoms with Gasteiger partial charge >= 0.3 is 0 Å². The Bertz CT molecular complexity index is 729. The van der Waals surface area contributed by atoms with Crippen molar-refractivity contribution in [3.8, 4) is 0 Å². The standard InChI is InChI=1S/C23H31N3O2/c1-2-25-22(27)21(15-17-9-5-3-6-10-17)26-14-13-19(16-20(24)23(26)28)18-11-7-4-8-12-18/h3-11,18-21H,2,12-16,24H2,1H3,(H,25,27)/t18?,19-,20-,21-/m0/s1. The Hall–Kier alpha value is -2.40. The average Bonchev–Trinajstić information content (AvgIpc) is 2.87. The van der Waals surface area contributed by atoms with Gasteiger partial charge in [0.1, 0.15) is 6.04 Å². The van der Waals surface area contributed by atoms with E-state index < -0.39 is 12.1 Å². The van der Waals surface area contributed by atoms with Crippen LogP contribution in [0.2, 0.25) is 0 Å². The monoisotopic (exact) mass is 381 g/mol. The van der Waals surface area contributed by atoms with Gasteiger partial charge in [0.25, 0.3) is 0 Å². The molecule has 1 unspecified atom stereocenters. The molecule has 3 rings (SSSR count). The first-order chi connectivity index (χ1) is 13.6. The molecular weight excluding hydrogens is 350 g/mol. The lowest BCUT2D eigenvalue weighted by atomic mass is 9.81. The number of hydrogen-bond acceptors (Lipinski definition) is 3. The Kier molecular flexibility index (Phi) is 7.04. The first kappa shape index (κ1) is 20.3. The molecule has 1 saturated heterocycles. The minimum atomic E-state index is -0.556. The highest BCUT2D eigenvalue weighted by Gasteiger charge is 2.37. The minimum Gasteiger partial charge on any atom is -0.355 e. The first-order valence-electron chi connectivity index (χ1n) is 10.3. The van der Waals surface area contributed by atoms with Gasteiger partial charge in [0.05, 0.1) is 6.04 Å². The van der Waals surface area contributed by atoms with E-state index in [0.29, 0.717) is 37.8 Å². The van der Waals surface area contributed by atoms with E-state index in [1.54, 1.807) is 4.90 Å². The molecule has 0 spiro atoms. The maximum Gasteiger partial charge on any atom is 0.243 e. The van der Waals surface area contributed by atoms with E-state index in [0.717, 1.165) is 18.4 Å². The van der Waals surface area contributed by atoms with E-state index in [9.17, 15) is 9.59 Å². The highest BCUT2D eigenvalue weighted by Crippen LogP contribution is 2.31. The number of allylic oxidation sites excluding steroid dienone is 4. The summed E-state index contributed by atoms with van der Waals surface area (Å²) in [6.45, 7) is 3.01. The maximum absolute atomic E-state index is 13.1. The van der Waals surface area contributed by atoms with E-state index in [-0.39, 0.29) is 11.8 Å². The van der Waals surface area contributed by atoms with Crippen LogP contribution >= 0.6 is 0 Å². The predicted octanol–water partition coefficient (Wildman–Crippen LogP) is 2.43. The van der Waals surface area contributed by atoms with Crippen molar-refractivity contribution < 1.29 is 9.59 Å². The molecular formula is C23H31N3O2. The van der Waals surface area contributed by atoms with Gasteiger partial charge in [-0.15, -0.1) is 0 Å². The SMILES string of the molecule is CCNC(=O)[C@H](Cc1ccccc1)N1CC[C@H](C2C=CC=CC2)C[C@H](N)C1=O. The van der Waals surface area contributed by atoms with Gasteiger partial charge in [0.15, 0.2) is 0 Å². The Morgan fingerprint density at radius 2 is 2.07 bits per heavy atom. The van der Waals surface area contributed by atoms with Gasteiger partial charge in [-0.3, -0.25) is 9.59 Å². The highest BCUT2D eigenvalue weighted by molar-refractivity contribution is 5.90. The number of likely N-dealkylation sites (tertiary alicyclic amines) is 1. The average molecular weight is 382 g/mol. The Morgan fingerprint density at radius 1 is 1.29 bits per heavy atom. The van der Waals surface area contributed by atoms with Crippen LogP contribution in [-0.4, -0.2) is 41.9 Å². The molecule has 1 heterocycles. The lowest BCUT2D eigenvalue weighted by Crippen LogP contribution is -2.54. The van der Waals surface area contributed by atoms with Gasteiger partial charge in [0.2, 0.25) is 11.8 Å². The topological polar surface area (TPSA) is 75.4 Å². The number of hydrogen-bond donors (Lipinski definition) is 2. The van der Waals surface area contributed by atoms with Crippen LogP contribution in [0.15, 0.2) is 54.6 Å². The largest absolute Gasteiger partial charge is 0.355 e. The summed E-state index contributed by atoms with van der Waals surface area (Å²) in [6, 6.07) is 8.78. The lowest BCUT2D eigenvalue weighted by Gasteiger charge is -2.31. The summed E-state index contributed by atoms with van der Waals surface area (Å²) in [5.41, 5.74) is 7.35. The molecule has 28 heavy (non-hydrogen) atoms. The van der Waals surface area contributed by atoms with Gasteiger partial charge in [-0.2, -0.15) is 0 Å². The molecule has 1 fully saturated rings. The molecule has 0 radical (unpaired) electrons. The quantitative estimate of drug-likeness (QED) is 0.795. The number of likely N-dealkylation sites (N-methyl/N-ethyl adjacent to an activating group) is 1. The third-order valence-corrected chi connectivity index (χ3v) is 5.82. The number of amides is 2. The van der Waals surface area contributed by atoms with Crippen molar-refractivity contribution >= 4 is 11.8 Å². The molecule has 0 aromatic heterocycles. The summed E-state index contributed by atoms with van der Waals surface area (Å²) < 4.78 is 0. The van der Waals surface area contributed by atoms with E-state index >= 15 is 0 Å². The molecule has 1 aromatic carbocycles. The molecule has 2 aliphatic rings. The predicted molar refractivity (Wildman–Crippen MR) is 111 cm³/mol. The van der Waals surface area contributed by atoms with Gasteiger partial charge < -0.3 is 16.0 Å². The third-order valence-electron chi connectivity index (χ3n) is 5.82. The number of carbonyl (C=O) groups is 2. The van der Waals surface area contributed by atoms with Gasteiger partial charge in [0, 0.05) is 19.5 Å². The summed E-state index contributed by atoms with van der Waals surface area (Å²) in [7, 11) is 0. The van der Waals surface area contributed by atoms with Crippen LogP contribution in [0.4, 0.5) is 0 Å². The zero-order valence-electron chi connectivity index (χ0n) is 16.6. The maximum atomic E-state index is 13.1. The number of rotatable bonds is 6. The van der Waals surface area contributed by atoms with Crippen molar-refractivity contribution in [2.45, 2.75) is 44.7 Å². The van der Waals surface area contributed by atoms with Crippen molar-refractivity contribution in [2.75, 3.05) is 13.1 Å². The molecule has 1 aliphatic heterocycles. The van der Waals surface area contributed by atoms with Crippen LogP contribution in [0.25, 0.3) is 0 Å². The van der Waals surface area contributed by atoms with Gasteiger partial charge in [-0.1, -0.05) is 54.6 Å². The van der Waals surface area contributed by atoms with Crippen LogP contribution in [0.3, 0.4) is 0 Å². The van der Waals surface area contributed by atoms with E-state index in [2.05, 4.69) is 29.6 Å². The Morgan fingerprint density at radius 3 is 2.75 bits per heavy atom. The second-order valence-electron chi connectivity index (χ2n) is 7.74. The summed E-state index contributed by atoms with van der Waals surface area (Å²) in [5.74, 6) is 0.563. The second-order valence-corrected chi connectivity index (χ2v) is 7.74. The van der Waals surface area contributed by atoms with Crippen molar-refractivity contribution in [3.05, 3.63) is 60.2 Å². The second kappa shape index (κ2) is 9.69. The summed E-state index contributed by atoms with van der Waals surface area (Å²) >= 11 is 0. The van der Waals surface area contributed by atoms with E-state index in [1.165, 1.54) is 0 Å². The fourth-order valence-corrected chi connectivity index (χ4v) is 4.29. The van der Waals surface area contributed by atoms with Crippen molar-refractivity contribution in [1.29, 1.82) is 0 Å². The molecule has 5 heteroatoms. The van der Waals surface area contributed by atoms with Crippen LogP contribution < -0.4 is 11.1 Å². The molecule has 5 nitrogen and oxygen atoms in total. The molecule has 0 bridgehead atoms. The fourth-order valence-electron chi connectivity index (χ4n) is 4.29. The molecule has 1 aromatic rings. The number of nitrogens with one attached hydrogen (secondary N) is 1. The molecule has 3 N–H and O–H groups in total. The van der Waals surface area contributed by atoms with Crippen molar-refractivity contribution in [1.82, 2.24) is 10.2 Å². The normalized spacial score (nSPS) is 26.0. The van der Waals surface area contributed by atoms with Gasteiger partial charge in [-0.05, 0) is 43.6 Å². The zero-order chi connectivity index (χ0) is 19.9. The van der Waals surface area contributed by atoms with E-state index in [1.807, 2.05) is 37.3 Å². The summed E-state index contributed by atoms with van der Waals surface area (Å²) in [6.07, 6.45) is 11.6. The molecule has 2 amide bonds. The Balaban J connectivity index is 1.79. The summed E-state index contributed by atoms with van der Waals surface area (Å²) in [4.78, 5) is 27.7. The lowest BCUT2D eigenvalue weighted by molar-refractivity contribution is -0.141. The van der Waals surface area contributed by atoms with Crippen molar-refractivity contribution in [2.24, 2.45) is 17.6 Å². The van der Waals surface area contributed by atoms with Crippen molar-refractivity contribution in [3.63, 3.8) is 0 Å². The van der Waals surface area contributed by atoms with Gasteiger partial charge in [-0.25, -0.2) is 0 Å². The van der Waals surface area contributed by atoms with E-state index in [4.69, 9.17) is 5.73 Å². The molecule has 1 aliphatic carbocycles. The van der Waals surface area contributed by atoms with Crippen LogP contribution in [-0.2, 0) is 16.0 Å². The number of carbonyl (C=O) groups excluding carboxylic acids is 2. The third kappa shape index (κ3) is 4.90. The number of nitrogens with two attached hydrogens (primary N) is 1. The smallest absolute Gasteiger partial charge is 0.243 e. The first-order valence-corrected chi connectivity index (χ1v) is 10.3. The highest BCUT2D eigenvalue weighted by atomic mass is 16.2. The minimum absolute atomic E-state index is 0.106. The molecule has 0 saturated carbocycles. The number of benzene rings is 1. The van der Waals surface area contributed by atoms with Crippen LogP contribution in [0, 0.1) is 11.8 Å².